The van der Waals surface area contributed by atoms with Crippen LogP contribution >= 0.6 is 0 Å². The average Bonchev–Trinajstić information content (AvgIpc) is 3.03. The topological polar surface area (TPSA) is 84.9 Å². The van der Waals surface area contributed by atoms with Crippen molar-refractivity contribution in [3.8, 4) is 11.5 Å². The van der Waals surface area contributed by atoms with Crippen molar-refractivity contribution in [1.29, 1.82) is 0 Å². The summed E-state index contributed by atoms with van der Waals surface area (Å²) < 4.78 is 39.1. The van der Waals surface area contributed by atoms with Crippen molar-refractivity contribution >= 4 is 15.9 Å². The largest absolute Gasteiger partial charge is 0.490 e. The minimum absolute atomic E-state index is 0.0361. The van der Waals surface area contributed by atoms with Gasteiger partial charge in [0, 0.05) is 37.7 Å². The van der Waals surface area contributed by atoms with E-state index in [-0.39, 0.29) is 17.3 Å². The van der Waals surface area contributed by atoms with Gasteiger partial charge < -0.3 is 14.4 Å². The highest BCUT2D eigenvalue weighted by molar-refractivity contribution is 7.89. The normalized spacial score (nSPS) is 16.7. The minimum atomic E-state index is -3.71. The Kier molecular flexibility index (Phi) is 6.24. The van der Waals surface area contributed by atoms with Crippen LogP contribution in [0.4, 0.5) is 0 Å². The number of nitrogens with zero attached hydrogens (tertiary/aromatic N) is 1. The van der Waals surface area contributed by atoms with Crippen molar-refractivity contribution in [2.45, 2.75) is 37.1 Å². The third-order valence-corrected chi connectivity index (χ3v) is 6.74. The van der Waals surface area contributed by atoms with Crippen LogP contribution in [-0.2, 0) is 16.6 Å². The molecule has 8 heteroatoms. The van der Waals surface area contributed by atoms with Crippen LogP contribution in [0.15, 0.2) is 47.4 Å². The van der Waals surface area contributed by atoms with E-state index in [1.807, 2.05) is 4.90 Å². The van der Waals surface area contributed by atoms with E-state index < -0.39 is 10.0 Å². The van der Waals surface area contributed by atoms with Gasteiger partial charge in [0.2, 0.25) is 10.0 Å². The molecule has 160 valence electrons. The van der Waals surface area contributed by atoms with Gasteiger partial charge in [0.05, 0.1) is 18.1 Å². The lowest BCUT2D eigenvalue weighted by Crippen LogP contribution is -2.35. The summed E-state index contributed by atoms with van der Waals surface area (Å²) in [6.45, 7) is 2.78. The first-order chi connectivity index (χ1) is 14.5. The predicted octanol–water partition coefficient (Wildman–Crippen LogP) is 2.95. The molecule has 1 N–H and O–H groups in total. The van der Waals surface area contributed by atoms with Gasteiger partial charge in [0.1, 0.15) is 0 Å². The fourth-order valence-electron chi connectivity index (χ4n) is 3.62. The van der Waals surface area contributed by atoms with Crippen molar-refractivity contribution in [1.82, 2.24) is 9.62 Å². The smallest absolute Gasteiger partial charge is 0.253 e. The van der Waals surface area contributed by atoms with Gasteiger partial charge in [-0.15, -0.1) is 0 Å². The standard InChI is InChI=1S/C22H26N2O5S/c25-22(24-11-2-1-3-12-24)18-7-5-17(6-8-18)16-23-30(26,27)19-9-10-20-21(15-19)29-14-4-13-28-20/h5-10,15,23H,1-4,11-14,16H2. The Hall–Kier alpha value is -2.58. The second-order valence-electron chi connectivity index (χ2n) is 7.53. The number of likely N-dealkylation sites (tertiary alicyclic amines) is 1. The molecule has 2 aliphatic rings. The molecule has 7 nitrogen and oxygen atoms in total. The molecule has 4 rings (SSSR count). The van der Waals surface area contributed by atoms with E-state index in [0.29, 0.717) is 30.3 Å². The van der Waals surface area contributed by atoms with E-state index in [4.69, 9.17) is 9.47 Å². The Labute approximate surface area is 177 Å². The number of hydrogen-bond acceptors (Lipinski definition) is 5. The Balaban J connectivity index is 1.40. The molecule has 2 heterocycles. The van der Waals surface area contributed by atoms with Crippen LogP contribution in [0.1, 0.15) is 41.6 Å². The molecule has 0 aliphatic carbocycles. The lowest BCUT2D eigenvalue weighted by molar-refractivity contribution is 0.0724. The van der Waals surface area contributed by atoms with E-state index in [0.717, 1.165) is 37.9 Å². The van der Waals surface area contributed by atoms with E-state index in [1.165, 1.54) is 18.6 Å². The van der Waals surface area contributed by atoms with Gasteiger partial charge in [-0.3, -0.25) is 4.79 Å². The maximum atomic E-state index is 12.7. The molecule has 0 saturated carbocycles. The number of carbonyl (C=O) groups is 1. The van der Waals surface area contributed by atoms with Crippen LogP contribution in [0, 0.1) is 0 Å². The maximum absolute atomic E-state index is 12.7. The van der Waals surface area contributed by atoms with Gasteiger partial charge in [-0.25, -0.2) is 13.1 Å². The van der Waals surface area contributed by atoms with E-state index in [9.17, 15) is 13.2 Å². The molecule has 1 fully saturated rings. The van der Waals surface area contributed by atoms with Crippen molar-refractivity contribution in [2.24, 2.45) is 0 Å². The van der Waals surface area contributed by atoms with Gasteiger partial charge in [0.15, 0.2) is 11.5 Å². The summed E-state index contributed by atoms with van der Waals surface area (Å²) in [7, 11) is -3.71. The van der Waals surface area contributed by atoms with Gasteiger partial charge in [-0.2, -0.15) is 0 Å². The minimum Gasteiger partial charge on any atom is -0.490 e. The zero-order chi connectivity index (χ0) is 21.0. The molecule has 30 heavy (non-hydrogen) atoms. The monoisotopic (exact) mass is 430 g/mol. The number of piperidine rings is 1. The fourth-order valence-corrected chi connectivity index (χ4v) is 4.65. The van der Waals surface area contributed by atoms with Gasteiger partial charge >= 0.3 is 0 Å². The summed E-state index contributed by atoms with van der Waals surface area (Å²) >= 11 is 0. The zero-order valence-corrected chi connectivity index (χ0v) is 17.6. The number of amides is 1. The number of ether oxygens (including phenoxy) is 2. The highest BCUT2D eigenvalue weighted by Crippen LogP contribution is 2.31. The average molecular weight is 431 g/mol. The molecule has 0 aromatic heterocycles. The lowest BCUT2D eigenvalue weighted by atomic mass is 10.1. The highest BCUT2D eigenvalue weighted by atomic mass is 32.2. The molecular weight excluding hydrogens is 404 g/mol. The third-order valence-electron chi connectivity index (χ3n) is 5.34. The quantitative estimate of drug-likeness (QED) is 0.788. The first-order valence-electron chi connectivity index (χ1n) is 10.3. The molecule has 1 saturated heterocycles. The molecule has 0 unspecified atom stereocenters. The summed E-state index contributed by atoms with van der Waals surface area (Å²) in [5.74, 6) is 1.03. The molecule has 2 aromatic carbocycles. The molecule has 0 radical (unpaired) electrons. The van der Waals surface area contributed by atoms with Crippen LogP contribution in [0.3, 0.4) is 0 Å². The van der Waals surface area contributed by atoms with Gasteiger partial charge in [0.25, 0.3) is 5.91 Å². The summed E-state index contributed by atoms with van der Waals surface area (Å²) in [6, 6.07) is 11.7. The van der Waals surface area contributed by atoms with Gasteiger partial charge in [-0.05, 0) is 49.1 Å². The zero-order valence-electron chi connectivity index (χ0n) is 16.8. The predicted molar refractivity (Wildman–Crippen MR) is 112 cm³/mol. The molecule has 0 bridgehead atoms. The number of hydrogen-bond donors (Lipinski definition) is 1. The van der Waals surface area contributed by atoms with Crippen LogP contribution in [0.25, 0.3) is 0 Å². The molecule has 2 aliphatic heterocycles. The second-order valence-corrected chi connectivity index (χ2v) is 9.30. The Morgan fingerprint density at radius 2 is 1.60 bits per heavy atom. The SMILES string of the molecule is O=C(c1ccc(CNS(=O)(=O)c2ccc3c(c2)OCCCO3)cc1)N1CCCCC1. The molecule has 2 aromatic rings. The number of fused-ring (bicyclic) bond motifs is 1. The molecule has 0 atom stereocenters. The highest BCUT2D eigenvalue weighted by Gasteiger charge is 2.20. The summed E-state index contributed by atoms with van der Waals surface area (Å²) in [5.41, 5.74) is 1.41. The molecule has 1 amide bonds. The number of nitrogens with one attached hydrogen (secondary N) is 1. The van der Waals surface area contributed by atoms with Crippen LogP contribution in [0.2, 0.25) is 0 Å². The number of rotatable bonds is 5. The van der Waals surface area contributed by atoms with E-state index in [2.05, 4.69) is 4.72 Å². The van der Waals surface area contributed by atoms with E-state index in [1.54, 1.807) is 30.3 Å². The number of carbonyl (C=O) groups excluding carboxylic acids is 1. The van der Waals surface area contributed by atoms with Crippen LogP contribution < -0.4 is 14.2 Å². The molecular formula is C22H26N2O5S. The summed E-state index contributed by atoms with van der Waals surface area (Å²) in [4.78, 5) is 14.6. The summed E-state index contributed by atoms with van der Waals surface area (Å²) in [6.07, 6.45) is 4.02. The van der Waals surface area contributed by atoms with Gasteiger partial charge in [-0.1, -0.05) is 12.1 Å². The Morgan fingerprint density at radius 1 is 0.900 bits per heavy atom. The lowest BCUT2D eigenvalue weighted by Gasteiger charge is -2.26. The third kappa shape index (κ3) is 4.76. The summed E-state index contributed by atoms with van der Waals surface area (Å²) in [5, 5.41) is 0. The van der Waals surface area contributed by atoms with Crippen LogP contribution in [-0.4, -0.2) is 45.5 Å². The van der Waals surface area contributed by atoms with Crippen molar-refractivity contribution in [2.75, 3.05) is 26.3 Å². The number of benzene rings is 2. The Bertz CT molecular complexity index is 999. The van der Waals surface area contributed by atoms with Crippen molar-refractivity contribution < 1.29 is 22.7 Å². The fraction of sp³-hybridized carbons (Fsp3) is 0.409. The maximum Gasteiger partial charge on any atom is 0.253 e. The molecule has 0 spiro atoms. The van der Waals surface area contributed by atoms with E-state index >= 15 is 0 Å². The van der Waals surface area contributed by atoms with Crippen LogP contribution in [0.5, 0.6) is 11.5 Å². The first-order valence-corrected chi connectivity index (χ1v) is 11.8. The van der Waals surface area contributed by atoms with Crippen molar-refractivity contribution in [3.05, 3.63) is 53.6 Å². The van der Waals surface area contributed by atoms with Crippen molar-refractivity contribution in [3.63, 3.8) is 0 Å². The number of sulfonamides is 1. The first kappa shape index (κ1) is 20.7. The Morgan fingerprint density at radius 3 is 2.33 bits per heavy atom. The second kappa shape index (κ2) is 9.06.